The van der Waals surface area contributed by atoms with Crippen LogP contribution in [0, 0.1) is 17.8 Å². The summed E-state index contributed by atoms with van der Waals surface area (Å²) in [7, 11) is 0. The number of oxazole rings is 1. The lowest BCUT2D eigenvalue weighted by molar-refractivity contribution is -0.124. The molecule has 1 aliphatic carbocycles. The zero-order valence-corrected chi connectivity index (χ0v) is 15.6. The van der Waals surface area contributed by atoms with Crippen LogP contribution in [0.15, 0.2) is 52.0 Å². The average molecular weight is 343 g/mol. The maximum Gasteiger partial charge on any atom is 0.452 e. The van der Waals surface area contributed by atoms with Gasteiger partial charge in [0, 0.05) is 5.92 Å². The first kappa shape index (κ1) is 17.8. The first-order chi connectivity index (χ1) is 11.9. The average Bonchev–Trinajstić information content (AvgIpc) is 2.99. The second-order valence-electron chi connectivity index (χ2n) is 8.04. The van der Waals surface area contributed by atoms with Crippen LogP contribution in [0.1, 0.15) is 58.4 Å². The summed E-state index contributed by atoms with van der Waals surface area (Å²) in [6.45, 7) is 9.08. The van der Waals surface area contributed by atoms with Crippen molar-refractivity contribution in [2.75, 3.05) is 0 Å². The SMILES string of the molecule is CC1CC(C(C)C)CC(On2ccoc2=O)([C@H](C)c2ccccc2)C1. The molecule has 0 aliphatic heterocycles. The van der Waals surface area contributed by atoms with Gasteiger partial charge in [0.05, 0.1) is 6.20 Å². The second kappa shape index (κ2) is 7.11. The molecule has 0 radical (unpaired) electrons. The normalized spacial score (nSPS) is 28.0. The van der Waals surface area contributed by atoms with Gasteiger partial charge in [-0.25, -0.2) is 4.79 Å². The molecule has 25 heavy (non-hydrogen) atoms. The Morgan fingerprint density at radius 3 is 2.52 bits per heavy atom. The van der Waals surface area contributed by atoms with Gasteiger partial charge in [0.1, 0.15) is 11.9 Å². The van der Waals surface area contributed by atoms with Gasteiger partial charge in [0.25, 0.3) is 0 Å². The van der Waals surface area contributed by atoms with E-state index in [1.54, 1.807) is 6.20 Å². The van der Waals surface area contributed by atoms with Crippen molar-refractivity contribution < 1.29 is 9.25 Å². The molecule has 0 amide bonds. The molecular formula is C21H29NO3. The van der Waals surface area contributed by atoms with E-state index in [4.69, 9.17) is 9.25 Å². The lowest BCUT2D eigenvalue weighted by Crippen LogP contribution is -2.52. The molecule has 1 fully saturated rings. The molecule has 3 rings (SSSR count). The van der Waals surface area contributed by atoms with Crippen LogP contribution in [0.5, 0.6) is 0 Å². The molecule has 3 unspecified atom stereocenters. The van der Waals surface area contributed by atoms with Crippen LogP contribution < -0.4 is 10.6 Å². The van der Waals surface area contributed by atoms with Crippen molar-refractivity contribution >= 4 is 0 Å². The predicted molar refractivity (Wildman–Crippen MR) is 98.5 cm³/mol. The van der Waals surface area contributed by atoms with E-state index in [9.17, 15) is 4.79 Å². The van der Waals surface area contributed by atoms with Crippen LogP contribution in [0.4, 0.5) is 0 Å². The summed E-state index contributed by atoms with van der Waals surface area (Å²) in [6, 6.07) is 10.5. The minimum atomic E-state index is -0.459. The topological polar surface area (TPSA) is 44.4 Å². The number of rotatable bonds is 5. The molecule has 1 heterocycles. The Bertz CT molecular complexity index is 733. The van der Waals surface area contributed by atoms with E-state index < -0.39 is 11.4 Å². The van der Waals surface area contributed by atoms with Crippen LogP contribution in [-0.2, 0) is 0 Å². The van der Waals surface area contributed by atoms with Gasteiger partial charge < -0.3 is 9.25 Å². The van der Waals surface area contributed by atoms with Crippen molar-refractivity contribution in [3.05, 3.63) is 58.9 Å². The van der Waals surface area contributed by atoms with Gasteiger partial charge >= 0.3 is 5.76 Å². The van der Waals surface area contributed by atoms with Gasteiger partial charge in [-0.15, -0.1) is 4.73 Å². The molecule has 4 heteroatoms. The first-order valence-electron chi connectivity index (χ1n) is 9.32. The minimum absolute atomic E-state index is 0.180. The third-order valence-corrected chi connectivity index (χ3v) is 5.86. The quantitative estimate of drug-likeness (QED) is 0.802. The summed E-state index contributed by atoms with van der Waals surface area (Å²) < 4.78 is 6.19. The van der Waals surface area contributed by atoms with Crippen LogP contribution >= 0.6 is 0 Å². The van der Waals surface area contributed by atoms with Crippen molar-refractivity contribution in [2.45, 2.75) is 58.5 Å². The molecule has 1 aromatic carbocycles. The van der Waals surface area contributed by atoms with Crippen molar-refractivity contribution in [1.29, 1.82) is 0 Å². The molecule has 1 saturated carbocycles. The predicted octanol–water partition coefficient (Wildman–Crippen LogP) is 4.50. The van der Waals surface area contributed by atoms with Crippen LogP contribution in [0.2, 0.25) is 0 Å². The zero-order valence-electron chi connectivity index (χ0n) is 15.6. The van der Waals surface area contributed by atoms with Crippen molar-refractivity contribution in [1.82, 2.24) is 4.73 Å². The number of benzene rings is 1. The fourth-order valence-electron chi connectivity index (χ4n) is 4.38. The van der Waals surface area contributed by atoms with Crippen LogP contribution in [-0.4, -0.2) is 10.3 Å². The summed E-state index contributed by atoms with van der Waals surface area (Å²) in [4.78, 5) is 18.4. The Kier molecular flexibility index (Phi) is 5.07. The Hall–Kier alpha value is -1.97. The highest BCUT2D eigenvalue weighted by atomic mass is 16.7. The van der Waals surface area contributed by atoms with Gasteiger partial charge in [0.2, 0.25) is 0 Å². The maximum atomic E-state index is 12.0. The number of hydrogen-bond acceptors (Lipinski definition) is 3. The minimum Gasteiger partial charge on any atom is -0.414 e. The second-order valence-corrected chi connectivity index (χ2v) is 8.04. The monoisotopic (exact) mass is 343 g/mol. The Balaban J connectivity index is 2.01. The smallest absolute Gasteiger partial charge is 0.414 e. The maximum absolute atomic E-state index is 12.0. The highest BCUT2D eigenvalue weighted by Crippen LogP contribution is 2.47. The third kappa shape index (κ3) is 3.68. The van der Waals surface area contributed by atoms with Gasteiger partial charge in [0.15, 0.2) is 0 Å². The molecule has 0 spiro atoms. The third-order valence-electron chi connectivity index (χ3n) is 5.86. The summed E-state index contributed by atoms with van der Waals surface area (Å²) in [5.74, 6) is 1.45. The number of aromatic nitrogens is 1. The molecule has 4 atom stereocenters. The molecular weight excluding hydrogens is 314 g/mol. The number of nitrogens with zero attached hydrogens (tertiary/aromatic N) is 1. The number of hydrogen-bond donors (Lipinski definition) is 0. The van der Waals surface area contributed by atoms with Crippen molar-refractivity contribution in [3.8, 4) is 0 Å². The van der Waals surface area contributed by atoms with Crippen LogP contribution in [0.3, 0.4) is 0 Å². The zero-order chi connectivity index (χ0) is 18.0. The largest absolute Gasteiger partial charge is 0.452 e. The summed E-state index contributed by atoms with van der Waals surface area (Å²) in [5, 5.41) is 0. The molecule has 0 saturated heterocycles. The molecule has 0 bridgehead atoms. The van der Waals surface area contributed by atoms with E-state index in [0.29, 0.717) is 17.8 Å². The van der Waals surface area contributed by atoms with Crippen LogP contribution in [0.25, 0.3) is 0 Å². The molecule has 1 aliphatic rings. The van der Waals surface area contributed by atoms with E-state index in [2.05, 4.69) is 52.0 Å². The molecule has 4 nitrogen and oxygen atoms in total. The van der Waals surface area contributed by atoms with Gasteiger partial charge in [-0.1, -0.05) is 58.0 Å². The first-order valence-corrected chi connectivity index (χ1v) is 9.32. The van der Waals surface area contributed by atoms with Gasteiger partial charge in [-0.05, 0) is 42.6 Å². The molecule has 1 aromatic heterocycles. The Morgan fingerprint density at radius 1 is 1.20 bits per heavy atom. The highest BCUT2D eigenvalue weighted by Gasteiger charge is 2.47. The van der Waals surface area contributed by atoms with Crippen molar-refractivity contribution in [3.63, 3.8) is 0 Å². The van der Waals surface area contributed by atoms with Gasteiger partial charge in [-0.2, -0.15) is 0 Å². The fourth-order valence-corrected chi connectivity index (χ4v) is 4.38. The molecule has 0 N–H and O–H groups in total. The highest BCUT2D eigenvalue weighted by molar-refractivity contribution is 5.23. The standard InChI is InChI=1S/C21H29NO3/c1-15(2)19-12-16(3)13-21(14-19,25-22-10-11-24-20(22)23)17(4)18-8-6-5-7-9-18/h5-11,15-17,19H,12-14H2,1-4H3/t16?,17-,19?,21?/m1/s1. The van der Waals surface area contributed by atoms with Crippen molar-refractivity contribution in [2.24, 2.45) is 17.8 Å². The molecule has 136 valence electrons. The van der Waals surface area contributed by atoms with E-state index in [1.807, 2.05) is 6.07 Å². The summed E-state index contributed by atoms with van der Waals surface area (Å²) in [6.07, 6.45) is 6.05. The lowest BCUT2D eigenvalue weighted by atomic mass is 9.64. The summed E-state index contributed by atoms with van der Waals surface area (Å²) >= 11 is 0. The van der Waals surface area contributed by atoms with E-state index in [0.717, 1.165) is 12.8 Å². The van der Waals surface area contributed by atoms with E-state index >= 15 is 0 Å². The Morgan fingerprint density at radius 2 is 1.92 bits per heavy atom. The molecule has 2 aromatic rings. The Labute approximate surface area is 149 Å². The van der Waals surface area contributed by atoms with E-state index in [-0.39, 0.29) is 5.92 Å². The van der Waals surface area contributed by atoms with E-state index in [1.165, 1.54) is 23.0 Å². The fraction of sp³-hybridized carbons (Fsp3) is 0.571. The summed E-state index contributed by atoms with van der Waals surface area (Å²) in [5.41, 5.74) is 0.831. The van der Waals surface area contributed by atoms with Gasteiger partial charge in [-0.3, -0.25) is 0 Å². The lowest BCUT2D eigenvalue weighted by Gasteiger charge is -2.47.